The van der Waals surface area contributed by atoms with Crippen LogP contribution in [0.4, 0.5) is 0 Å². The van der Waals surface area contributed by atoms with Gasteiger partial charge in [0.1, 0.15) is 11.5 Å². The van der Waals surface area contributed by atoms with E-state index in [1.54, 1.807) is 35.6 Å². The molecule has 0 aliphatic carbocycles. The summed E-state index contributed by atoms with van der Waals surface area (Å²) in [6.45, 7) is 5.38. The molecule has 0 saturated carbocycles. The molecule has 3 heterocycles. The van der Waals surface area contributed by atoms with Gasteiger partial charge in [0.05, 0.1) is 17.7 Å². The van der Waals surface area contributed by atoms with Crippen LogP contribution in [0.1, 0.15) is 44.4 Å². The number of nitrogens with zero attached hydrogens (tertiary/aromatic N) is 2. The molecule has 0 spiro atoms. The zero-order valence-corrected chi connectivity index (χ0v) is 13.1. The van der Waals surface area contributed by atoms with Crippen LogP contribution in [0.2, 0.25) is 0 Å². The van der Waals surface area contributed by atoms with Gasteiger partial charge in [-0.2, -0.15) is 0 Å². The van der Waals surface area contributed by atoms with Gasteiger partial charge in [-0.05, 0) is 32.4 Å². The van der Waals surface area contributed by atoms with Crippen molar-refractivity contribution in [2.75, 3.05) is 6.54 Å². The Morgan fingerprint density at radius 1 is 1.26 bits per heavy atom. The summed E-state index contributed by atoms with van der Waals surface area (Å²) in [6.07, 6.45) is 2.49. The zero-order valence-electron chi connectivity index (χ0n) is 13.1. The molecule has 3 rings (SSSR count). The average Bonchev–Trinajstić information content (AvgIpc) is 3.01. The van der Waals surface area contributed by atoms with E-state index in [0.29, 0.717) is 35.7 Å². The SMILES string of the molecule is Cc1cc(C(=O)N2CCCn3cc(C(=O)NO)cc3C2)c(C)o1. The molecule has 2 aromatic heterocycles. The summed E-state index contributed by atoms with van der Waals surface area (Å²) >= 11 is 0. The average molecular weight is 317 g/mol. The predicted molar refractivity (Wildman–Crippen MR) is 81.2 cm³/mol. The van der Waals surface area contributed by atoms with E-state index in [-0.39, 0.29) is 5.91 Å². The molecule has 1 aliphatic rings. The van der Waals surface area contributed by atoms with Gasteiger partial charge in [0.2, 0.25) is 0 Å². The lowest BCUT2D eigenvalue weighted by atomic mass is 10.2. The topological polar surface area (TPSA) is 87.7 Å². The highest BCUT2D eigenvalue weighted by Gasteiger charge is 2.24. The van der Waals surface area contributed by atoms with Crippen molar-refractivity contribution < 1.29 is 19.2 Å². The second-order valence-corrected chi connectivity index (χ2v) is 5.76. The fourth-order valence-electron chi connectivity index (χ4n) is 2.98. The Morgan fingerprint density at radius 2 is 2.04 bits per heavy atom. The predicted octanol–water partition coefficient (Wildman–Crippen LogP) is 1.86. The molecule has 7 nitrogen and oxygen atoms in total. The maximum Gasteiger partial charge on any atom is 0.276 e. The van der Waals surface area contributed by atoms with Gasteiger partial charge in [0, 0.05) is 25.0 Å². The number of hydroxylamine groups is 1. The third-order valence-electron chi connectivity index (χ3n) is 4.09. The van der Waals surface area contributed by atoms with Crippen LogP contribution in [0.25, 0.3) is 0 Å². The zero-order chi connectivity index (χ0) is 16.6. The number of rotatable bonds is 2. The van der Waals surface area contributed by atoms with Crippen molar-refractivity contribution >= 4 is 11.8 Å². The van der Waals surface area contributed by atoms with Crippen LogP contribution in [-0.4, -0.2) is 33.0 Å². The van der Waals surface area contributed by atoms with E-state index >= 15 is 0 Å². The molecular weight excluding hydrogens is 298 g/mol. The van der Waals surface area contributed by atoms with E-state index in [2.05, 4.69) is 0 Å². The number of carbonyl (C=O) groups excluding carboxylic acids is 2. The second kappa shape index (κ2) is 5.92. The van der Waals surface area contributed by atoms with Gasteiger partial charge in [-0.3, -0.25) is 14.8 Å². The van der Waals surface area contributed by atoms with Crippen molar-refractivity contribution in [2.45, 2.75) is 33.4 Å². The molecule has 0 saturated heterocycles. The Labute approximate surface area is 133 Å². The monoisotopic (exact) mass is 317 g/mol. The van der Waals surface area contributed by atoms with Crippen molar-refractivity contribution in [3.05, 3.63) is 46.7 Å². The summed E-state index contributed by atoms with van der Waals surface area (Å²) < 4.78 is 7.39. The summed E-state index contributed by atoms with van der Waals surface area (Å²) in [5.41, 5.74) is 3.46. The number of amides is 2. The first kappa shape index (κ1) is 15.4. The first-order valence-corrected chi connectivity index (χ1v) is 7.49. The van der Waals surface area contributed by atoms with Crippen LogP contribution in [0, 0.1) is 13.8 Å². The van der Waals surface area contributed by atoms with E-state index in [4.69, 9.17) is 9.62 Å². The van der Waals surface area contributed by atoms with Crippen molar-refractivity contribution in [3.8, 4) is 0 Å². The van der Waals surface area contributed by atoms with Crippen LogP contribution >= 0.6 is 0 Å². The lowest BCUT2D eigenvalue weighted by Crippen LogP contribution is -2.30. The quantitative estimate of drug-likeness (QED) is 0.654. The van der Waals surface area contributed by atoms with Gasteiger partial charge in [-0.25, -0.2) is 5.48 Å². The fourth-order valence-corrected chi connectivity index (χ4v) is 2.98. The Hall–Kier alpha value is -2.54. The third-order valence-corrected chi connectivity index (χ3v) is 4.09. The minimum Gasteiger partial charge on any atom is -0.466 e. The van der Waals surface area contributed by atoms with Gasteiger partial charge in [-0.15, -0.1) is 0 Å². The van der Waals surface area contributed by atoms with E-state index in [1.165, 1.54) is 0 Å². The minimum atomic E-state index is -0.551. The molecule has 23 heavy (non-hydrogen) atoms. The molecule has 2 N–H and O–H groups in total. The highest BCUT2D eigenvalue weighted by molar-refractivity contribution is 5.95. The minimum absolute atomic E-state index is 0.0674. The highest BCUT2D eigenvalue weighted by Crippen LogP contribution is 2.21. The first-order chi connectivity index (χ1) is 11.0. The van der Waals surface area contributed by atoms with Gasteiger partial charge >= 0.3 is 0 Å². The number of aromatic nitrogens is 1. The van der Waals surface area contributed by atoms with E-state index < -0.39 is 5.91 Å². The maximum atomic E-state index is 12.7. The summed E-state index contributed by atoms with van der Waals surface area (Å²) in [6, 6.07) is 3.46. The van der Waals surface area contributed by atoms with Crippen LogP contribution in [0.5, 0.6) is 0 Å². The molecule has 2 aromatic rings. The van der Waals surface area contributed by atoms with Crippen molar-refractivity contribution in [2.24, 2.45) is 0 Å². The fraction of sp³-hybridized carbons (Fsp3) is 0.375. The number of hydrogen-bond acceptors (Lipinski definition) is 4. The molecular formula is C16H19N3O4. The number of fused-ring (bicyclic) bond motifs is 1. The first-order valence-electron chi connectivity index (χ1n) is 7.49. The van der Waals surface area contributed by atoms with Crippen LogP contribution in [0.15, 0.2) is 22.7 Å². The number of nitrogens with one attached hydrogen (secondary N) is 1. The van der Waals surface area contributed by atoms with Crippen LogP contribution in [0.3, 0.4) is 0 Å². The molecule has 0 aromatic carbocycles. The highest BCUT2D eigenvalue weighted by atomic mass is 16.5. The van der Waals surface area contributed by atoms with Gasteiger partial charge in [-0.1, -0.05) is 0 Å². The Bertz CT molecular complexity index is 759. The molecule has 0 fully saturated rings. The lowest BCUT2D eigenvalue weighted by Gasteiger charge is -2.19. The summed E-state index contributed by atoms with van der Waals surface area (Å²) in [4.78, 5) is 26.0. The van der Waals surface area contributed by atoms with Crippen molar-refractivity contribution in [1.29, 1.82) is 0 Å². The second-order valence-electron chi connectivity index (χ2n) is 5.76. The van der Waals surface area contributed by atoms with Crippen molar-refractivity contribution in [1.82, 2.24) is 14.9 Å². The molecule has 7 heteroatoms. The molecule has 0 atom stereocenters. The summed E-state index contributed by atoms with van der Waals surface area (Å²) in [7, 11) is 0. The largest absolute Gasteiger partial charge is 0.466 e. The standard InChI is InChI=1S/C16H19N3O4/c1-10-6-14(11(2)23-10)16(21)19-5-3-4-18-8-12(15(20)17-22)7-13(18)9-19/h6-8,22H,3-5,9H2,1-2H3,(H,17,20). The van der Waals surface area contributed by atoms with E-state index in [1.807, 2.05) is 11.5 Å². The van der Waals surface area contributed by atoms with Crippen molar-refractivity contribution in [3.63, 3.8) is 0 Å². The Balaban J connectivity index is 1.85. The van der Waals surface area contributed by atoms with Gasteiger partial charge < -0.3 is 13.9 Å². The molecule has 2 amide bonds. The number of furan rings is 1. The number of hydrogen-bond donors (Lipinski definition) is 2. The molecule has 0 bridgehead atoms. The maximum absolute atomic E-state index is 12.7. The summed E-state index contributed by atoms with van der Waals surface area (Å²) in [5, 5.41) is 8.74. The smallest absolute Gasteiger partial charge is 0.276 e. The molecule has 122 valence electrons. The van der Waals surface area contributed by atoms with Gasteiger partial charge in [0.15, 0.2) is 0 Å². The molecule has 1 aliphatic heterocycles. The van der Waals surface area contributed by atoms with E-state index in [9.17, 15) is 9.59 Å². The normalized spacial score (nSPS) is 14.3. The van der Waals surface area contributed by atoms with Crippen LogP contribution < -0.4 is 5.48 Å². The molecule has 0 radical (unpaired) electrons. The Kier molecular flexibility index (Phi) is 3.96. The summed E-state index contributed by atoms with van der Waals surface area (Å²) in [5.74, 6) is 0.713. The van der Waals surface area contributed by atoms with Crippen LogP contribution in [-0.2, 0) is 13.1 Å². The van der Waals surface area contributed by atoms with E-state index in [0.717, 1.165) is 18.7 Å². The lowest BCUT2D eigenvalue weighted by molar-refractivity contribution is 0.0706. The number of carbonyl (C=O) groups is 2. The third kappa shape index (κ3) is 2.87. The Morgan fingerprint density at radius 3 is 2.70 bits per heavy atom. The van der Waals surface area contributed by atoms with Gasteiger partial charge in [0.25, 0.3) is 11.8 Å². The number of aryl methyl sites for hydroxylation is 3. The molecule has 0 unspecified atom stereocenters.